The van der Waals surface area contributed by atoms with Gasteiger partial charge < -0.3 is 11.1 Å². The Morgan fingerprint density at radius 1 is 1.38 bits per heavy atom. The van der Waals surface area contributed by atoms with Crippen LogP contribution in [0.25, 0.3) is 10.6 Å². The normalized spacial score (nSPS) is 10.5. The molecule has 0 saturated heterocycles. The molecule has 0 spiro atoms. The summed E-state index contributed by atoms with van der Waals surface area (Å²) in [6.07, 6.45) is -0.0248. The van der Waals surface area contributed by atoms with Crippen molar-refractivity contribution < 1.29 is 13.6 Å². The van der Waals surface area contributed by atoms with E-state index in [1.165, 1.54) is 11.3 Å². The van der Waals surface area contributed by atoms with E-state index in [9.17, 15) is 13.6 Å². The van der Waals surface area contributed by atoms with Gasteiger partial charge in [0.25, 0.3) is 5.92 Å². The molecule has 1 heterocycles. The van der Waals surface area contributed by atoms with Gasteiger partial charge >= 0.3 is 0 Å². The van der Waals surface area contributed by atoms with Crippen LogP contribution in [0.15, 0.2) is 29.6 Å². The molecule has 134 valence electrons. The zero-order valence-corrected chi connectivity index (χ0v) is 15.4. The molecule has 0 radical (unpaired) electrons. The van der Waals surface area contributed by atoms with Crippen molar-refractivity contribution in [2.45, 2.75) is 19.3 Å². The van der Waals surface area contributed by atoms with Crippen molar-refractivity contribution in [3.05, 3.63) is 40.9 Å². The van der Waals surface area contributed by atoms with Crippen LogP contribution in [-0.4, -0.2) is 29.9 Å². The fourth-order valence-electron chi connectivity index (χ4n) is 1.83. The molecule has 2 rings (SSSR count). The van der Waals surface area contributed by atoms with Gasteiger partial charge in [-0.05, 0) is 13.0 Å². The van der Waals surface area contributed by atoms with E-state index < -0.39 is 24.9 Å². The number of hydrogen-bond acceptors (Lipinski definition) is 4. The molecule has 0 aliphatic rings. The van der Waals surface area contributed by atoms with Crippen molar-refractivity contribution in [1.82, 2.24) is 10.3 Å². The van der Waals surface area contributed by atoms with Crippen LogP contribution in [0.5, 0.6) is 0 Å². The average Bonchev–Trinajstić information content (AvgIpc) is 2.94. The fourth-order valence-corrected chi connectivity index (χ4v) is 2.64. The lowest BCUT2D eigenvalue weighted by atomic mass is 10.1. The molecule has 0 aliphatic heterocycles. The summed E-state index contributed by atoms with van der Waals surface area (Å²) < 4.78 is 25.9. The van der Waals surface area contributed by atoms with Crippen LogP contribution in [0.1, 0.15) is 11.3 Å². The van der Waals surface area contributed by atoms with Crippen molar-refractivity contribution in [2.75, 3.05) is 13.1 Å². The number of nitrogens with two attached hydrogens (primary N) is 1. The minimum absolute atomic E-state index is 0. The second kappa shape index (κ2) is 9.88. The number of nitrogens with zero attached hydrogens (tertiary/aromatic N) is 1. The number of carbonyl (C=O) groups is 1. The lowest BCUT2D eigenvalue weighted by Crippen LogP contribution is -2.42. The van der Waals surface area contributed by atoms with Crippen molar-refractivity contribution in [1.29, 1.82) is 0 Å². The minimum Gasteiger partial charge on any atom is -0.350 e. The van der Waals surface area contributed by atoms with Gasteiger partial charge in [-0.25, -0.2) is 13.8 Å². The molecule has 0 unspecified atom stereocenters. The third-order valence-corrected chi connectivity index (χ3v) is 3.94. The molecule has 0 atom stereocenters. The quantitative estimate of drug-likeness (QED) is 0.785. The molecule has 24 heavy (non-hydrogen) atoms. The second-order valence-electron chi connectivity index (χ2n) is 5.03. The minimum atomic E-state index is -3.08. The summed E-state index contributed by atoms with van der Waals surface area (Å²) in [5.41, 5.74) is 7.58. The Bertz CT molecular complexity index is 668. The number of amides is 1. The van der Waals surface area contributed by atoms with Crippen LogP contribution < -0.4 is 11.1 Å². The van der Waals surface area contributed by atoms with Gasteiger partial charge in [-0.15, -0.1) is 36.2 Å². The first kappa shape index (κ1) is 22.7. The SMILES string of the molecule is Cc1cccc(-c2nc(CC(=O)NCC(F)(F)CN)cs2)c1.Cl.Cl. The fraction of sp³-hybridized carbons (Fsp3) is 0.333. The zero-order valence-electron chi connectivity index (χ0n) is 12.9. The van der Waals surface area contributed by atoms with Crippen LogP contribution in [0.3, 0.4) is 0 Å². The highest BCUT2D eigenvalue weighted by atomic mass is 35.5. The number of alkyl halides is 2. The maximum Gasteiger partial charge on any atom is 0.277 e. The van der Waals surface area contributed by atoms with E-state index in [2.05, 4.69) is 10.3 Å². The number of halogens is 4. The Labute approximate surface area is 155 Å². The van der Waals surface area contributed by atoms with Crippen LogP contribution >= 0.6 is 36.2 Å². The molecule has 9 heteroatoms. The monoisotopic (exact) mass is 397 g/mol. The molecule has 0 saturated carbocycles. The number of aromatic nitrogens is 1. The number of aryl methyl sites for hydroxylation is 1. The molecule has 1 aromatic carbocycles. The maximum absolute atomic E-state index is 13.0. The lowest BCUT2D eigenvalue weighted by Gasteiger charge is -2.14. The first-order valence-electron chi connectivity index (χ1n) is 6.76. The molecule has 0 aliphatic carbocycles. The number of thiazole rings is 1. The first-order valence-corrected chi connectivity index (χ1v) is 7.63. The Hall–Kier alpha value is -1.28. The maximum atomic E-state index is 13.0. The van der Waals surface area contributed by atoms with Gasteiger partial charge in [0.2, 0.25) is 5.91 Å². The Balaban J connectivity index is 0.00000264. The molecule has 2 aromatic rings. The van der Waals surface area contributed by atoms with E-state index in [1.807, 2.05) is 31.2 Å². The zero-order chi connectivity index (χ0) is 16.2. The van der Waals surface area contributed by atoms with Gasteiger partial charge in [0.05, 0.1) is 25.2 Å². The van der Waals surface area contributed by atoms with Crippen molar-refractivity contribution in [2.24, 2.45) is 5.73 Å². The van der Waals surface area contributed by atoms with Gasteiger partial charge in [0, 0.05) is 10.9 Å². The molecule has 1 amide bonds. The molecule has 0 bridgehead atoms. The molecule has 0 fully saturated rings. The number of benzene rings is 1. The standard InChI is InChI=1S/C15H17F2N3OS.2ClH/c1-10-3-2-4-11(5-10)14-20-12(7-22-14)6-13(21)19-9-15(16,17)8-18;;/h2-5,7H,6,8-9,18H2,1H3,(H,19,21);2*1H. The highest BCUT2D eigenvalue weighted by Crippen LogP contribution is 2.24. The van der Waals surface area contributed by atoms with E-state index in [0.717, 1.165) is 16.1 Å². The molecule has 3 N–H and O–H groups in total. The number of hydrogen-bond donors (Lipinski definition) is 2. The van der Waals surface area contributed by atoms with Crippen LogP contribution in [0.4, 0.5) is 8.78 Å². The number of nitrogens with one attached hydrogen (secondary N) is 1. The van der Waals surface area contributed by atoms with Crippen LogP contribution in [0.2, 0.25) is 0 Å². The smallest absolute Gasteiger partial charge is 0.277 e. The van der Waals surface area contributed by atoms with Gasteiger partial charge in [-0.2, -0.15) is 0 Å². The van der Waals surface area contributed by atoms with Gasteiger partial charge in [0.1, 0.15) is 5.01 Å². The van der Waals surface area contributed by atoms with Crippen molar-refractivity contribution in [3.8, 4) is 10.6 Å². The Morgan fingerprint density at radius 2 is 2.08 bits per heavy atom. The molecule has 1 aromatic heterocycles. The number of rotatable bonds is 6. The van der Waals surface area contributed by atoms with Gasteiger partial charge in [-0.3, -0.25) is 4.79 Å². The Morgan fingerprint density at radius 3 is 2.71 bits per heavy atom. The van der Waals surface area contributed by atoms with Gasteiger partial charge in [0.15, 0.2) is 0 Å². The van der Waals surface area contributed by atoms with E-state index in [-0.39, 0.29) is 31.2 Å². The third-order valence-electron chi connectivity index (χ3n) is 3.00. The molecular formula is C15H19Cl2F2N3OS. The first-order chi connectivity index (χ1) is 10.4. The third kappa shape index (κ3) is 6.68. The summed E-state index contributed by atoms with van der Waals surface area (Å²) in [5, 5.41) is 4.74. The average molecular weight is 398 g/mol. The predicted octanol–water partition coefficient (Wildman–Crippen LogP) is 3.21. The summed E-state index contributed by atoms with van der Waals surface area (Å²) in [5.74, 6) is -3.57. The highest BCUT2D eigenvalue weighted by Gasteiger charge is 2.27. The van der Waals surface area contributed by atoms with E-state index in [0.29, 0.717) is 5.69 Å². The second-order valence-corrected chi connectivity index (χ2v) is 5.89. The predicted molar refractivity (Wildman–Crippen MR) is 97.5 cm³/mol. The van der Waals surface area contributed by atoms with Crippen molar-refractivity contribution >= 4 is 42.1 Å². The van der Waals surface area contributed by atoms with E-state index in [4.69, 9.17) is 5.73 Å². The van der Waals surface area contributed by atoms with Crippen molar-refractivity contribution in [3.63, 3.8) is 0 Å². The highest BCUT2D eigenvalue weighted by molar-refractivity contribution is 7.13. The summed E-state index contributed by atoms with van der Waals surface area (Å²) in [4.78, 5) is 16.0. The topological polar surface area (TPSA) is 68.0 Å². The number of carbonyl (C=O) groups excluding carboxylic acids is 1. The van der Waals surface area contributed by atoms with E-state index in [1.54, 1.807) is 5.38 Å². The van der Waals surface area contributed by atoms with Crippen LogP contribution in [0, 0.1) is 6.92 Å². The lowest BCUT2D eigenvalue weighted by molar-refractivity contribution is -0.122. The summed E-state index contributed by atoms with van der Waals surface area (Å²) in [6.45, 7) is 0.446. The Kier molecular flexibility index (Phi) is 9.35. The largest absolute Gasteiger partial charge is 0.350 e. The van der Waals surface area contributed by atoms with Gasteiger partial charge in [-0.1, -0.05) is 23.8 Å². The van der Waals surface area contributed by atoms with Crippen LogP contribution in [-0.2, 0) is 11.2 Å². The summed E-state index contributed by atoms with van der Waals surface area (Å²) in [6, 6.07) is 7.87. The molecule has 4 nitrogen and oxygen atoms in total. The summed E-state index contributed by atoms with van der Waals surface area (Å²) >= 11 is 1.42. The summed E-state index contributed by atoms with van der Waals surface area (Å²) in [7, 11) is 0. The molecular weight excluding hydrogens is 379 g/mol. The van der Waals surface area contributed by atoms with E-state index >= 15 is 0 Å².